The highest BCUT2D eigenvalue weighted by Gasteiger charge is 2.36. The zero-order valence-electron chi connectivity index (χ0n) is 27.3. The molecule has 0 radical (unpaired) electrons. The predicted octanol–water partition coefficient (Wildman–Crippen LogP) is 5.06. The summed E-state index contributed by atoms with van der Waals surface area (Å²) in [4.78, 5) is 29.3. The van der Waals surface area contributed by atoms with Crippen LogP contribution in [0.25, 0.3) is 0 Å². The van der Waals surface area contributed by atoms with Crippen molar-refractivity contribution in [3.05, 3.63) is 107 Å². The molecule has 48 heavy (non-hydrogen) atoms. The molecule has 0 fully saturated rings. The number of hydrogen-bond acceptors (Lipinski definition) is 8. The van der Waals surface area contributed by atoms with Gasteiger partial charge in [-0.3, -0.25) is 13.9 Å². The van der Waals surface area contributed by atoms with E-state index in [1.54, 1.807) is 12.1 Å². The van der Waals surface area contributed by atoms with E-state index in [1.165, 1.54) is 64.7 Å². The molecule has 4 rings (SSSR count). The molecule has 4 aromatic carbocycles. The smallest absolute Gasteiger partial charge is 0.265 e. The van der Waals surface area contributed by atoms with E-state index in [0.29, 0.717) is 11.5 Å². The first-order valence-corrected chi connectivity index (χ1v) is 17.1. The van der Waals surface area contributed by atoms with E-state index in [1.807, 2.05) is 54.6 Å². The average molecular weight is 741 g/mol. The van der Waals surface area contributed by atoms with Crippen LogP contribution in [0.5, 0.6) is 23.0 Å². The van der Waals surface area contributed by atoms with E-state index >= 15 is 0 Å². The maximum Gasteiger partial charge on any atom is 0.265 e. The summed E-state index contributed by atoms with van der Waals surface area (Å²) in [7, 11) is 2.70. The van der Waals surface area contributed by atoms with Crippen LogP contribution in [0.1, 0.15) is 11.1 Å². The Labute approximate surface area is 289 Å². The Morgan fingerprint density at radius 3 is 2.02 bits per heavy atom. The Hall–Kier alpha value is -4.75. The molecule has 0 spiro atoms. The van der Waals surface area contributed by atoms with E-state index in [2.05, 4.69) is 21.2 Å². The van der Waals surface area contributed by atoms with Crippen LogP contribution < -0.4 is 28.6 Å². The van der Waals surface area contributed by atoms with Crippen molar-refractivity contribution < 1.29 is 37.0 Å². The van der Waals surface area contributed by atoms with Crippen LogP contribution in [0.2, 0.25) is 0 Å². The fourth-order valence-electron chi connectivity index (χ4n) is 5.12. The van der Waals surface area contributed by atoms with Crippen molar-refractivity contribution in [2.45, 2.75) is 23.9 Å². The van der Waals surface area contributed by atoms with Crippen LogP contribution in [0, 0.1) is 0 Å². The summed E-state index contributed by atoms with van der Waals surface area (Å²) in [6.45, 7) is -0.657. The molecule has 4 aromatic rings. The third-order valence-electron chi connectivity index (χ3n) is 7.66. The number of hydrogen-bond donors (Lipinski definition) is 1. The summed E-state index contributed by atoms with van der Waals surface area (Å²) in [5.74, 6) is -0.00658. The minimum atomic E-state index is -4.48. The lowest BCUT2D eigenvalue weighted by atomic mass is 10.0. The molecule has 13 heteroatoms. The second kappa shape index (κ2) is 16.4. The van der Waals surface area contributed by atoms with Crippen LogP contribution in [-0.4, -0.2) is 73.2 Å². The first-order valence-electron chi connectivity index (χ1n) is 14.8. The van der Waals surface area contributed by atoms with Gasteiger partial charge in [-0.1, -0.05) is 58.4 Å². The number of amides is 2. The number of methoxy groups -OCH3 is 4. The van der Waals surface area contributed by atoms with Crippen LogP contribution in [0.15, 0.2) is 100 Å². The number of carbonyl (C=O) groups excluding carboxylic acids is 2. The topological polar surface area (TPSA) is 124 Å². The molecule has 11 nitrogen and oxygen atoms in total. The molecular formula is C35H38BrN3O8S. The zero-order chi connectivity index (χ0) is 34.8. The molecule has 0 aliphatic carbocycles. The van der Waals surface area contributed by atoms with E-state index in [-0.39, 0.29) is 35.0 Å². The van der Waals surface area contributed by atoms with Crippen LogP contribution in [0.3, 0.4) is 0 Å². The van der Waals surface area contributed by atoms with Crippen LogP contribution >= 0.6 is 15.9 Å². The first kappa shape index (κ1) is 36.1. The lowest BCUT2D eigenvalue weighted by Crippen LogP contribution is -2.53. The molecule has 2 amide bonds. The number of ether oxygens (including phenoxy) is 4. The second-order valence-corrected chi connectivity index (χ2v) is 13.3. The number of anilines is 1. The number of nitrogens with zero attached hydrogens (tertiary/aromatic N) is 2. The molecule has 0 saturated carbocycles. The van der Waals surface area contributed by atoms with Gasteiger partial charge in [0.05, 0.1) is 39.0 Å². The summed E-state index contributed by atoms with van der Waals surface area (Å²) in [6, 6.07) is 24.4. The van der Waals surface area contributed by atoms with Gasteiger partial charge in [-0.2, -0.15) is 0 Å². The Morgan fingerprint density at radius 1 is 0.771 bits per heavy atom. The molecule has 0 bridgehead atoms. The molecule has 0 aliphatic heterocycles. The molecule has 0 aromatic heterocycles. The lowest BCUT2D eigenvalue weighted by Gasteiger charge is -2.34. The van der Waals surface area contributed by atoms with Crippen molar-refractivity contribution in [2.75, 3.05) is 46.3 Å². The van der Waals surface area contributed by atoms with E-state index in [9.17, 15) is 18.0 Å². The van der Waals surface area contributed by atoms with Crippen LogP contribution in [0.4, 0.5) is 5.69 Å². The van der Waals surface area contributed by atoms with Crippen molar-refractivity contribution in [2.24, 2.45) is 0 Å². The minimum absolute atomic E-state index is 0.0243. The van der Waals surface area contributed by atoms with E-state index in [0.717, 1.165) is 19.9 Å². The van der Waals surface area contributed by atoms with Crippen molar-refractivity contribution in [3.8, 4) is 23.0 Å². The number of carbonyl (C=O) groups is 2. The largest absolute Gasteiger partial charge is 0.497 e. The molecule has 1 unspecified atom stereocenters. The zero-order valence-corrected chi connectivity index (χ0v) is 29.7. The predicted molar refractivity (Wildman–Crippen MR) is 186 cm³/mol. The van der Waals surface area contributed by atoms with Gasteiger partial charge in [-0.25, -0.2) is 8.42 Å². The highest BCUT2D eigenvalue weighted by atomic mass is 79.9. The first-order chi connectivity index (χ1) is 23.1. The minimum Gasteiger partial charge on any atom is -0.497 e. The molecular weight excluding hydrogens is 702 g/mol. The molecule has 0 saturated heterocycles. The SMILES string of the molecule is CNC(=O)C(Cc1ccccc1)N(Cc1ccc(Br)cc1)C(=O)CN(c1cc(OC)ccc1OC)S(=O)(=O)c1ccc(OC)c(OC)c1. The van der Waals surface area contributed by atoms with E-state index in [4.69, 9.17) is 18.9 Å². The normalized spacial score (nSPS) is 11.6. The van der Waals surface area contributed by atoms with Gasteiger partial charge in [-0.15, -0.1) is 0 Å². The summed E-state index contributed by atoms with van der Waals surface area (Å²) in [5.41, 5.74) is 1.62. The Morgan fingerprint density at radius 2 is 1.42 bits per heavy atom. The lowest BCUT2D eigenvalue weighted by molar-refractivity contribution is -0.139. The number of benzene rings is 4. The number of nitrogens with one attached hydrogen (secondary N) is 1. The molecule has 1 atom stereocenters. The summed E-state index contributed by atoms with van der Waals surface area (Å²) >= 11 is 3.44. The molecule has 254 valence electrons. The molecule has 0 aliphatic rings. The number of sulfonamides is 1. The fourth-order valence-corrected chi connectivity index (χ4v) is 6.81. The van der Waals surface area contributed by atoms with Gasteiger partial charge in [0.1, 0.15) is 24.1 Å². The third kappa shape index (κ3) is 8.39. The van der Waals surface area contributed by atoms with Gasteiger partial charge in [0, 0.05) is 36.6 Å². The molecule has 0 heterocycles. The van der Waals surface area contributed by atoms with Gasteiger partial charge < -0.3 is 29.2 Å². The van der Waals surface area contributed by atoms with E-state index < -0.39 is 34.4 Å². The molecule has 1 N–H and O–H groups in total. The monoisotopic (exact) mass is 739 g/mol. The number of likely N-dealkylation sites (N-methyl/N-ethyl adjacent to an activating group) is 1. The van der Waals surface area contributed by atoms with Crippen LogP contribution in [-0.2, 0) is 32.6 Å². The maximum absolute atomic E-state index is 14.6. The highest BCUT2D eigenvalue weighted by molar-refractivity contribution is 9.10. The third-order valence-corrected chi connectivity index (χ3v) is 9.94. The Kier molecular flexibility index (Phi) is 12.3. The van der Waals surface area contributed by atoms with Crippen molar-refractivity contribution in [1.29, 1.82) is 0 Å². The highest BCUT2D eigenvalue weighted by Crippen LogP contribution is 2.38. The second-order valence-electron chi connectivity index (χ2n) is 10.5. The fraction of sp³-hybridized carbons (Fsp3) is 0.257. The summed E-state index contributed by atoms with van der Waals surface area (Å²) in [5, 5.41) is 2.68. The van der Waals surface area contributed by atoms with Gasteiger partial charge in [0.25, 0.3) is 10.0 Å². The van der Waals surface area contributed by atoms with Crippen molar-refractivity contribution in [3.63, 3.8) is 0 Å². The average Bonchev–Trinajstić information content (AvgIpc) is 3.12. The van der Waals surface area contributed by atoms with Gasteiger partial charge >= 0.3 is 0 Å². The van der Waals surface area contributed by atoms with Gasteiger partial charge in [-0.05, 0) is 47.5 Å². The summed E-state index contributed by atoms with van der Waals surface area (Å²) < 4.78 is 52.6. The Balaban J connectivity index is 1.88. The standard InChI is InChI=1S/C35H38BrN3O8S/c1-37-35(41)30(19-24-9-7-6-8-10-24)38(22-25-11-13-26(36)14-12-25)34(40)23-39(29-20-27(44-2)15-17-31(29)45-3)48(42,43)28-16-18-32(46-4)33(21-28)47-5/h6-18,20-21,30H,19,22-23H2,1-5H3,(H,37,41). The maximum atomic E-state index is 14.6. The Bertz CT molecular complexity index is 1820. The number of rotatable bonds is 15. The van der Waals surface area contributed by atoms with Crippen molar-refractivity contribution >= 4 is 43.5 Å². The van der Waals surface area contributed by atoms with Gasteiger partial charge in [0.15, 0.2) is 11.5 Å². The number of halogens is 1. The van der Waals surface area contributed by atoms with Gasteiger partial charge in [0.2, 0.25) is 11.8 Å². The van der Waals surface area contributed by atoms with Crippen molar-refractivity contribution in [1.82, 2.24) is 10.2 Å². The summed E-state index contributed by atoms with van der Waals surface area (Å²) in [6.07, 6.45) is 0.188. The quantitative estimate of drug-likeness (QED) is 0.180.